The van der Waals surface area contributed by atoms with Crippen molar-refractivity contribution in [1.82, 2.24) is 5.32 Å². The van der Waals surface area contributed by atoms with Crippen molar-refractivity contribution in [2.45, 2.75) is 65.2 Å². The predicted octanol–water partition coefficient (Wildman–Crippen LogP) is 4.12. The minimum absolute atomic E-state index is 0.113. The van der Waals surface area contributed by atoms with Gasteiger partial charge in [0.25, 0.3) is 0 Å². The Labute approximate surface area is 117 Å². The fourth-order valence-corrected chi connectivity index (χ4v) is 3.09. The second-order valence-corrected chi connectivity index (χ2v) is 6.80. The summed E-state index contributed by atoms with van der Waals surface area (Å²) < 4.78 is 0. The molecule has 0 saturated heterocycles. The molecule has 0 atom stereocenters. The first-order valence-corrected chi connectivity index (χ1v) is 7.89. The van der Waals surface area contributed by atoms with Crippen LogP contribution in [0.2, 0.25) is 0 Å². The number of hydrogen-bond acceptors (Lipinski definition) is 1. The third kappa shape index (κ3) is 6.63. The summed E-state index contributed by atoms with van der Waals surface area (Å²) in [6.45, 7) is 5.04. The standard InChI is InChI=1S/C15H28ClNO/c1-15(2,10-11-16)12-17-14(18)9-8-13-6-4-3-5-7-13/h13H,3-12H2,1-2H3,(H,17,18). The first-order valence-electron chi connectivity index (χ1n) is 7.36. The molecule has 0 bridgehead atoms. The molecule has 1 fully saturated rings. The van der Waals surface area contributed by atoms with E-state index in [4.69, 9.17) is 11.6 Å². The molecule has 1 rings (SSSR count). The number of amides is 1. The Kier molecular flexibility index (Phi) is 7.06. The molecule has 1 amide bonds. The summed E-state index contributed by atoms with van der Waals surface area (Å²) in [6, 6.07) is 0. The van der Waals surface area contributed by atoms with Crippen molar-refractivity contribution in [3.05, 3.63) is 0 Å². The van der Waals surface area contributed by atoms with Crippen LogP contribution in [0.3, 0.4) is 0 Å². The summed E-state index contributed by atoms with van der Waals surface area (Å²) in [6.07, 6.45) is 9.45. The highest BCUT2D eigenvalue weighted by atomic mass is 35.5. The lowest BCUT2D eigenvalue weighted by molar-refractivity contribution is -0.121. The highest BCUT2D eigenvalue weighted by Crippen LogP contribution is 2.27. The van der Waals surface area contributed by atoms with Crippen molar-refractivity contribution in [2.24, 2.45) is 11.3 Å². The smallest absolute Gasteiger partial charge is 0.220 e. The quantitative estimate of drug-likeness (QED) is 0.695. The first kappa shape index (κ1) is 15.8. The van der Waals surface area contributed by atoms with Crippen molar-refractivity contribution < 1.29 is 4.79 Å². The molecule has 0 aromatic heterocycles. The average Bonchev–Trinajstić information content (AvgIpc) is 2.35. The lowest BCUT2D eigenvalue weighted by atomic mass is 9.86. The topological polar surface area (TPSA) is 29.1 Å². The maximum absolute atomic E-state index is 11.8. The molecule has 0 spiro atoms. The van der Waals surface area contributed by atoms with E-state index in [1.165, 1.54) is 32.1 Å². The van der Waals surface area contributed by atoms with Gasteiger partial charge in [-0.2, -0.15) is 0 Å². The zero-order valence-corrected chi connectivity index (χ0v) is 12.7. The fourth-order valence-electron chi connectivity index (χ4n) is 2.58. The monoisotopic (exact) mass is 273 g/mol. The zero-order chi connectivity index (χ0) is 13.4. The van der Waals surface area contributed by atoms with Gasteiger partial charge in [0.2, 0.25) is 5.91 Å². The summed E-state index contributed by atoms with van der Waals surface area (Å²) in [7, 11) is 0. The Bertz CT molecular complexity index is 247. The van der Waals surface area contributed by atoms with E-state index in [-0.39, 0.29) is 11.3 Å². The van der Waals surface area contributed by atoms with Crippen LogP contribution in [0.5, 0.6) is 0 Å². The second kappa shape index (κ2) is 8.04. The van der Waals surface area contributed by atoms with E-state index in [0.29, 0.717) is 12.3 Å². The van der Waals surface area contributed by atoms with Crippen LogP contribution in [0.1, 0.15) is 65.2 Å². The maximum Gasteiger partial charge on any atom is 0.220 e. The number of rotatable bonds is 7. The molecule has 0 heterocycles. The number of carbonyl (C=O) groups is 1. The van der Waals surface area contributed by atoms with E-state index in [1.807, 2.05) is 0 Å². The SMILES string of the molecule is CC(C)(CCCl)CNC(=O)CCC1CCCCC1. The molecule has 0 unspecified atom stereocenters. The molecule has 18 heavy (non-hydrogen) atoms. The van der Waals surface area contributed by atoms with Gasteiger partial charge in [0.15, 0.2) is 0 Å². The average molecular weight is 274 g/mol. The minimum atomic E-state index is 0.113. The molecule has 1 saturated carbocycles. The van der Waals surface area contributed by atoms with Crippen LogP contribution in [0.15, 0.2) is 0 Å². The summed E-state index contributed by atoms with van der Waals surface area (Å²) >= 11 is 5.75. The summed E-state index contributed by atoms with van der Waals surface area (Å²) in [4.78, 5) is 11.8. The van der Waals surface area contributed by atoms with E-state index in [9.17, 15) is 4.79 Å². The van der Waals surface area contributed by atoms with Crippen LogP contribution in [0.4, 0.5) is 0 Å². The third-order valence-electron chi connectivity index (χ3n) is 4.04. The number of carbonyl (C=O) groups excluding carboxylic acids is 1. The lowest BCUT2D eigenvalue weighted by Crippen LogP contribution is -2.34. The minimum Gasteiger partial charge on any atom is -0.356 e. The summed E-state index contributed by atoms with van der Waals surface area (Å²) in [5.74, 6) is 1.66. The van der Waals surface area contributed by atoms with Crippen LogP contribution >= 0.6 is 11.6 Å². The van der Waals surface area contributed by atoms with E-state index in [2.05, 4.69) is 19.2 Å². The van der Waals surface area contributed by atoms with Gasteiger partial charge in [-0.25, -0.2) is 0 Å². The number of nitrogens with one attached hydrogen (secondary N) is 1. The third-order valence-corrected chi connectivity index (χ3v) is 4.23. The largest absolute Gasteiger partial charge is 0.356 e. The van der Waals surface area contributed by atoms with E-state index in [0.717, 1.165) is 25.3 Å². The van der Waals surface area contributed by atoms with Gasteiger partial charge in [-0.05, 0) is 24.2 Å². The Morgan fingerprint density at radius 2 is 1.94 bits per heavy atom. The molecular formula is C15H28ClNO. The van der Waals surface area contributed by atoms with Crippen molar-refractivity contribution in [3.8, 4) is 0 Å². The molecule has 3 heteroatoms. The maximum atomic E-state index is 11.8. The molecule has 106 valence electrons. The van der Waals surface area contributed by atoms with Gasteiger partial charge >= 0.3 is 0 Å². The Morgan fingerprint density at radius 3 is 2.56 bits per heavy atom. The van der Waals surface area contributed by atoms with Crippen LogP contribution < -0.4 is 5.32 Å². The highest BCUT2D eigenvalue weighted by Gasteiger charge is 2.19. The number of halogens is 1. The van der Waals surface area contributed by atoms with E-state index >= 15 is 0 Å². The Hall–Kier alpha value is -0.240. The molecule has 0 aromatic carbocycles. The Balaban J connectivity index is 2.13. The van der Waals surface area contributed by atoms with Crippen molar-refractivity contribution in [3.63, 3.8) is 0 Å². The normalized spacial score (nSPS) is 17.7. The van der Waals surface area contributed by atoms with Crippen LogP contribution in [-0.4, -0.2) is 18.3 Å². The Morgan fingerprint density at radius 1 is 1.28 bits per heavy atom. The van der Waals surface area contributed by atoms with Gasteiger partial charge in [0, 0.05) is 18.8 Å². The van der Waals surface area contributed by atoms with Crippen molar-refractivity contribution in [2.75, 3.05) is 12.4 Å². The highest BCUT2D eigenvalue weighted by molar-refractivity contribution is 6.17. The fraction of sp³-hybridized carbons (Fsp3) is 0.933. The molecule has 1 aliphatic carbocycles. The number of hydrogen-bond donors (Lipinski definition) is 1. The molecule has 2 nitrogen and oxygen atoms in total. The molecule has 1 N–H and O–H groups in total. The molecular weight excluding hydrogens is 246 g/mol. The van der Waals surface area contributed by atoms with Crippen LogP contribution in [-0.2, 0) is 4.79 Å². The van der Waals surface area contributed by atoms with E-state index in [1.54, 1.807) is 0 Å². The van der Waals surface area contributed by atoms with Crippen LogP contribution in [0.25, 0.3) is 0 Å². The predicted molar refractivity (Wildman–Crippen MR) is 77.9 cm³/mol. The molecule has 0 aromatic rings. The lowest BCUT2D eigenvalue weighted by Gasteiger charge is -2.24. The van der Waals surface area contributed by atoms with Gasteiger partial charge < -0.3 is 5.32 Å². The first-order chi connectivity index (χ1) is 8.53. The van der Waals surface area contributed by atoms with Crippen LogP contribution in [0, 0.1) is 11.3 Å². The van der Waals surface area contributed by atoms with E-state index < -0.39 is 0 Å². The van der Waals surface area contributed by atoms with Gasteiger partial charge in [-0.1, -0.05) is 46.0 Å². The van der Waals surface area contributed by atoms with Gasteiger partial charge in [0.05, 0.1) is 0 Å². The summed E-state index contributed by atoms with van der Waals surface area (Å²) in [5, 5.41) is 3.05. The van der Waals surface area contributed by atoms with Gasteiger partial charge in [-0.15, -0.1) is 11.6 Å². The van der Waals surface area contributed by atoms with Gasteiger partial charge in [-0.3, -0.25) is 4.79 Å². The zero-order valence-electron chi connectivity index (χ0n) is 11.9. The second-order valence-electron chi connectivity index (χ2n) is 6.42. The molecule has 0 radical (unpaired) electrons. The molecule has 1 aliphatic rings. The van der Waals surface area contributed by atoms with Gasteiger partial charge in [0.1, 0.15) is 0 Å². The van der Waals surface area contributed by atoms with Crippen molar-refractivity contribution >= 4 is 17.5 Å². The number of alkyl halides is 1. The van der Waals surface area contributed by atoms with Crippen molar-refractivity contribution in [1.29, 1.82) is 0 Å². The molecule has 0 aliphatic heterocycles. The summed E-state index contributed by atoms with van der Waals surface area (Å²) in [5.41, 5.74) is 0.113.